The zero-order valence-electron chi connectivity index (χ0n) is 13.1. The van der Waals surface area contributed by atoms with Crippen LogP contribution in [0.4, 0.5) is 0 Å². The minimum absolute atomic E-state index is 0.175. The SMILES string of the molecule is O=C(c1cccs1)N1CCCN(CC=Cc2ccncc2)CC1. The Kier molecular flexibility index (Phi) is 5.56. The number of aromatic nitrogens is 1. The lowest BCUT2D eigenvalue weighted by molar-refractivity contribution is 0.0767. The fourth-order valence-corrected chi connectivity index (χ4v) is 3.42. The van der Waals surface area contributed by atoms with Gasteiger partial charge in [-0.2, -0.15) is 0 Å². The molecule has 1 fully saturated rings. The highest BCUT2D eigenvalue weighted by atomic mass is 32.1. The molecule has 2 aromatic rings. The number of amides is 1. The summed E-state index contributed by atoms with van der Waals surface area (Å²) in [5.41, 5.74) is 1.17. The fourth-order valence-electron chi connectivity index (χ4n) is 2.73. The first-order chi connectivity index (χ1) is 11.3. The van der Waals surface area contributed by atoms with E-state index in [0.717, 1.165) is 44.0 Å². The fraction of sp³-hybridized carbons (Fsp3) is 0.333. The summed E-state index contributed by atoms with van der Waals surface area (Å²) in [6.45, 7) is 4.54. The Hall–Kier alpha value is -1.98. The van der Waals surface area contributed by atoms with Crippen LogP contribution in [-0.2, 0) is 0 Å². The van der Waals surface area contributed by atoms with Gasteiger partial charge in [0, 0.05) is 45.1 Å². The Morgan fingerprint density at radius 2 is 2.04 bits per heavy atom. The Labute approximate surface area is 141 Å². The minimum atomic E-state index is 0.175. The summed E-state index contributed by atoms with van der Waals surface area (Å²) in [4.78, 5) is 21.7. The quantitative estimate of drug-likeness (QED) is 0.866. The third kappa shape index (κ3) is 4.50. The maximum atomic E-state index is 12.4. The second kappa shape index (κ2) is 8.04. The van der Waals surface area contributed by atoms with Crippen LogP contribution in [0, 0.1) is 0 Å². The highest BCUT2D eigenvalue weighted by Gasteiger charge is 2.20. The van der Waals surface area contributed by atoms with Gasteiger partial charge in [0.1, 0.15) is 0 Å². The molecule has 1 saturated heterocycles. The average molecular weight is 327 g/mol. The van der Waals surface area contributed by atoms with E-state index in [-0.39, 0.29) is 5.91 Å². The van der Waals surface area contributed by atoms with Crippen molar-refractivity contribution in [2.45, 2.75) is 6.42 Å². The second-order valence-electron chi connectivity index (χ2n) is 5.61. The molecular formula is C18H21N3OS. The predicted octanol–water partition coefficient (Wildman–Crippen LogP) is 3.00. The van der Waals surface area contributed by atoms with Crippen molar-refractivity contribution in [3.05, 3.63) is 58.6 Å². The summed E-state index contributed by atoms with van der Waals surface area (Å²) >= 11 is 1.52. The van der Waals surface area contributed by atoms with E-state index in [1.54, 1.807) is 12.4 Å². The van der Waals surface area contributed by atoms with Crippen molar-refractivity contribution in [2.75, 3.05) is 32.7 Å². The minimum Gasteiger partial charge on any atom is -0.337 e. The smallest absolute Gasteiger partial charge is 0.263 e. The molecule has 3 rings (SSSR count). The van der Waals surface area contributed by atoms with E-state index in [9.17, 15) is 4.79 Å². The standard InChI is InChI=1S/C18H21N3OS/c22-18(17-5-2-15-23-17)21-12-3-11-20(13-14-21)10-1-4-16-6-8-19-9-7-16/h1-2,4-9,15H,3,10-14H2. The predicted molar refractivity (Wildman–Crippen MR) is 94.6 cm³/mol. The van der Waals surface area contributed by atoms with E-state index in [2.05, 4.69) is 22.0 Å². The van der Waals surface area contributed by atoms with Gasteiger partial charge >= 0.3 is 0 Å². The van der Waals surface area contributed by atoms with E-state index in [0.29, 0.717) is 0 Å². The van der Waals surface area contributed by atoms with Gasteiger partial charge < -0.3 is 4.90 Å². The van der Waals surface area contributed by atoms with Crippen molar-refractivity contribution in [3.8, 4) is 0 Å². The van der Waals surface area contributed by atoms with E-state index < -0.39 is 0 Å². The summed E-state index contributed by atoms with van der Waals surface area (Å²) in [5, 5.41) is 1.96. The molecule has 0 saturated carbocycles. The second-order valence-corrected chi connectivity index (χ2v) is 6.55. The Bertz CT molecular complexity index is 640. The molecule has 0 aromatic carbocycles. The molecule has 120 valence electrons. The molecule has 1 aliphatic heterocycles. The van der Waals surface area contributed by atoms with Gasteiger partial charge in [-0.3, -0.25) is 14.7 Å². The van der Waals surface area contributed by atoms with Gasteiger partial charge in [-0.15, -0.1) is 11.3 Å². The summed E-state index contributed by atoms with van der Waals surface area (Å²) in [5.74, 6) is 0.175. The number of nitrogens with zero attached hydrogens (tertiary/aromatic N) is 3. The molecule has 1 amide bonds. The number of pyridine rings is 1. The molecular weight excluding hydrogens is 306 g/mol. The lowest BCUT2D eigenvalue weighted by atomic mass is 10.2. The van der Waals surface area contributed by atoms with Crippen molar-refractivity contribution >= 4 is 23.3 Å². The average Bonchev–Trinajstić information content (AvgIpc) is 3.02. The first-order valence-corrected chi connectivity index (χ1v) is 8.82. The molecule has 0 spiro atoms. The lowest BCUT2D eigenvalue weighted by Gasteiger charge is -2.20. The molecule has 2 aromatic heterocycles. The number of hydrogen-bond donors (Lipinski definition) is 0. The number of rotatable bonds is 4. The van der Waals surface area contributed by atoms with Gasteiger partial charge in [-0.1, -0.05) is 18.2 Å². The molecule has 0 radical (unpaired) electrons. The maximum absolute atomic E-state index is 12.4. The number of hydrogen-bond acceptors (Lipinski definition) is 4. The van der Waals surface area contributed by atoms with Crippen LogP contribution in [0.3, 0.4) is 0 Å². The normalized spacial score (nSPS) is 16.6. The van der Waals surface area contributed by atoms with Crippen LogP contribution in [0.2, 0.25) is 0 Å². The van der Waals surface area contributed by atoms with E-state index in [1.807, 2.05) is 34.5 Å². The Morgan fingerprint density at radius 1 is 1.17 bits per heavy atom. The summed E-state index contributed by atoms with van der Waals surface area (Å²) in [7, 11) is 0. The van der Waals surface area contributed by atoms with Crippen molar-refractivity contribution in [3.63, 3.8) is 0 Å². The third-order valence-corrected chi connectivity index (χ3v) is 4.85. The van der Waals surface area contributed by atoms with Gasteiger partial charge in [-0.25, -0.2) is 0 Å². The number of carbonyl (C=O) groups is 1. The maximum Gasteiger partial charge on any atom is 0.263 e. The van der Waals surface area contributed by atoms with Gasteiger partial charge in [0.25, 0.3) is 5.91 Å². The van der Waals surface area contributed by atoms with Crippen molar-refractivity contribution in [1.29, 1.82) is 0 Å². The molecule has 0 unspecified atom stereocenters. The molecule has 5 heteroatoms. The number of carbonyl (C=O) groups excluding carboxylic acids is 1. The van der Waals surface area contributed by atoms with E-state index in [4.69, 9.17) is 0 Å². The molecule has 0 N–H and O–H groups in total. The van der Waals surface area contributed by atoms with Crippen LogP contribution in [0.25, 0.3) is 6.08 Å². The summed E-state index contributed by atoms with van der Waals surface area (Å²) < 4.78 is 0. The highest BCUT2D eigenvalue weighted by molar-refractivity contribution is 7.12. The zero-order chi connectivity index (χ0) is 15.9. The topological polar surface area (TPSA) is 36.4 Å². The molecule has 0 aliphatic carbocycles. The van der Waals surface area contributed by atoms with Crippen molar-refractivity contribution in [2.24, 2.45) is 0 Å². The molecule has 3 heterocycles. The third-order valence-electron chi connectivity index (χ3n) is 3.99. The summed E-state index contributed by atoms with van der Waals surface area (Å²) in [6.07, 6.45) is 8.95. The first-order valence-electron chi connectivity index (χ1n) is 7.94. The molecule has 1 aliphatic rings. The van der Waals surface area contributed by atoms with Crippen LogP contribution in [0.15, 0.2) is 48.1 Å². The van der Waals surface area contributed by atoms with Crippen LogP contribution in [-0.4, -0.2) is 53.4 Å². The highest BCUT2D eigenvalue weighted by Crippen LogP contribution is 2.14. The van der Waals surface area contributed by atoms with Crippen LogP contribution in [0.5, 0.6) is 0 Å². The first kappa shape index (κ1) is 15.9. The lowest BCUT2D eigenvalue weighted by Crippen LogP contribution is -2.34. The Morgan fingerprint density at radius 3 is 2.83 bits per heavy atom. The number of thiophene rings is 1. The van der Waals surface area contributed by atoms with E-state index in [1.165, 1.54) is 16.9 Å². The van der Waals surface area contributed by atoms with Crippen LogP contribution in [0.1, 0.15) is 21.7 Å². The largest absolute Gasteiger partial charge is 0.337 e. The Balaban J connectivity index is 1.50. The van der Waals surface area contributed by atoms with Gasteiger partial charge in [0.15, 0.2) is 0 Å². The molecule has 23 heavy (non-hydrogen) atoms. The van der Waals surface area contributed by atoms with Crippen LogP contribution >= 0.6 is 11.3 Å². The van der Waals surface area contributed by atoms with Gasteiger partial charge in [0.2, 0.25) is 0 Å². The summed E-state index contributed by atoms with van der Waals surface area (Å²) in [6, 6.07) is 7.85. The zero-order valence-corrected chi connectivity index (χ0v) is 13.9. The van der Waals surface area contributed by atoms with Gasteiger partial charge in [0.05, 0.1) is 4.88 Å². The molecule has 4 nitrogen and oxygen atoms in total. The molecule has 0 atom stereocenters. The van der Waals surface area contributed by atoms with Crippen LogP contribution < -0.4 is 0 Å². The van der Waals surface area contributed by atoms with Crippen molar-refractivity contribution in [1.82, 2.24) is 14.8 Å². The van der Waals surface area contributed by atoms with E-state index >= 15 is 0 Å². The van der Waals surface area contributed by atoms with Crippen molar-refractivity contribution < 1.29 is 4.79 Å². The monoisotopic (exact) mass is 327 g/mol. The van der Waals surface area contributed by atoms with Gasteiger partial charge in [-0.05, 0) is 35.6 Å². The molecule has 0 bridgehead atoms.